The Morgan fingerprint density at radius 2 is 1.78 bits per heavy atom. The van der Waals surface area contributed by atoms with Crippen LogP contribution in [0.25, 0.3) is 0 Å². The van der Waals surface area contributed by atoms with Gasteiger partial charge in [0.1, 0.15) is 5.69 Å². The molecule has 3 rings (SSSR count). The molecule has 2 aromatic heterocycles. The lowest BCUT2D eigenvalue weighted by Gasteiger charge is -2.13. The van der Waals surface area contributed by atoms with E-state index in [9.17, 15) is 18.3 Å². The Hall–Kier alpha value is -1.96. The Kier molecular flexibility index (Phi) is 9.25. The maximum atomic E-state index is 12.7. The molecule has 32 heavy (non-hydrogen) atoms. The number of aliphatic hydroxyl groups is 1. The van der Waals surface area contributed by atoms with E-state index in [-0.39, 0.29) is 6.61 Å². The number of halogens is 4. The topological polar surface area (TPSA) is 38.0 Å². The van der Waals surface area contributed by atoms with Gasteiger partial charge in [-0.05, 0) is 55.2 Å². The summed E-state index contributed by atoms with van der Waals surface area (Å²) in [7, 11) is 0. The van der Waals surface area contributed by atoms with Crippen LogP contribution in [0, 0.1) is 19.8 Å². The molecule has 0 saturated carbocycles. The SMILES string of the molecule is CC(C)C.Cc1c(CO)c(C)n(Cc2ccc(C(F)(F)F)nc2)c1Sc1cccc(Cl)c1. The lowest BCUT2D eigenvalue weighted by Crippen LogP contribution is -2.09. The Bertz CT molecular complexity index is 1030. The minimum atomic E-state index is -4.46. The number of hydrogen-bond donors (Lipinski definition) is 1. The Labute approximate surface area is 196 Å². The molecule has 8 heteroatoms. The van der Waals surface area contributed by atoms with Crippen LogP contribution in [0.2, 0.25) is 5.02 Å². The molecule has 0 unspecified atom stereocenters. The van der Waals surface area contributed by atoms with E-state index in [0.717, 1.165) is 38.7 Å². The molecular formula is C24H28ClF3N2OS. The largest absolute Gasteiger partial charge is 0.433 e. The first-order valence-corrected chi connectivity index (χ1v) is 11.4. The summed E-state index contributed by atoms with van der Waals surface area (Å²) in [6.07, 6.45) is -3.22. The molecule has 0 amide bonds. The van der Waals surface area contributed by atoms with E-state index in [2.05, 4.69) is 25.8 Å². The van der Waals surface area contributed by atoms with E-state index in [1.807, 2.05) is 36.6 Å². The highest BCUT2D eigenvalue weighted by Gasteiger charge is 2.32. The van der Waals surface area contributed by atoms with Gasteiger partial charge in [-0.2, -0.15) is 13.2 Å². The maximum absolute atomic E-state index is 12.7. The minimum Gasteiger partial charge on any atom is -0.392 e. The van der Waals surface area contributed by atoms with E-state index < -0.39 is 11.9 Å². The second-order valence-electron chi connectivity index (χ2n) is 8.08. The molecular weight excluding hydrogens is 457 g/mol. The molecule has 0 fully saturated rings. The molecule has 0 saturated heterocycles. The third-order valence-corrected chi connectivity index (χ3v) is 5.93. The molecule has 3 nitrogen and oxygen atoms in total. The van der Waals surface area contributed by atoms with Crippen molar-refractivity contribution in [1.29, 1.82) is 0 Å². The lowest BCUT2D eigenvalue weighted by atomic mass is 10.2. The average Bonchev–Trinajstić information content (AvgIpc) is 2.91. The van der Waals surface area contributed by atoms with Crippen LogP contribution >= 0.6 is 23.4 Å². The number of aliphatic hydroxyl groups excluding tert-OH is 1. The molecule has 0 atom stereocenters. The van der Waals surface area contributed by atoms with E-state index >= 15 is 0 Å². The highest BCUT2D eigenvalue weighted by atomic mass is 35.5. The van der Waals surface area contributed by atoms with Gasteiger partial charge in [-0.3, -0.25) is 4.98 Å². The normalized spacial score (nSPS) is 11.5. The van der Waals surface area contributed by atoms with Crippen molar-refractivity contribution in [3.8, 4) is 0 Å². The monoisotopic (exact) mass is 484 g/mol. The van der Waals surface area contributed by atoms with Crippen molar-refractivity contribution in [1.82, 2.24) is 9.55 Å². The van der Waals surface area contributed by atoms with Crippen molar-refractivity contribution in [2.75, 3.05) is 0 Å². The van der Waals surface area contributed by atoms with Crippen molar-refractivity contribution in [2.45, 2.75) is 63.9 Å². The summed E-state index contributed by atoms with van der Waals surface area (Å²) in [6, 6.07) is 9.83. The first-order valence-electron chi connectivity index (χ1n) is 10.2. The van der Waals surface area contributed by atoms with Gasteiger partial charge in [0.15, 0.2) is 0 Å². The van der Waals surface area contributed by atoms with Crippen LogP contribution in [-0.4, -0.2) is 14.7 Å². The third kappa shape index (κ3) is 7.02. The number of benzene rings is 1. The van der Waals surface area contributed by atoms with Gasteiger partial charge in [0.05, 0.1) is 11.6 Å². The van der Waals surface area contributed by atoms with Gasteiger partial charge in [0.25, 0.3) is 0 Å². The predicted octanol–water partition coefficient (Wildman–Crippen LogP) is 7.53. The quantitative estimate of drug-likeness (QED) is 0.406. The number of rotatable bonds is 5. The summed E-state index contributed by atoms with van der Waals surface area (Å²) in [5, 5.41) is 11.3. The molecule has 1 aromatic carbocycles. The highest BCUT2D eigenvalue weighted by Crippen LogP contribution is 2.37. The third-order valence-electron chi connectivity index (χ3n) is 4.48. The van der Waals surface area contributed by atoms with Crippen LogP contribution in [0.1, 0.15) is 48.8 Å². The second-order valence-corrected chi connectivity index (χ2v) is 9.58. The highest BCUT2D eigenvalue weighted by molar-refractivity contribution is 7.99. The fourth-order valence-electron chi connectivity index (χ4n) is 2.98. The van der Waals surface area contributed by atoms with Crippen molar-refractivity contribution in [2.24, 2.45) is 5.92 Å². The predicted molar refractivity (Wildman–Crippen MR) is 124 cm³/mol. The first-order chi connectivity index (χ1) is 14.9. The first kappa shape index (κ1) is 26.3. The van der Waals surface area contributed by atoms with E-state index in [0.29, 0.717) is 17.1 Å². The Balaban J connectivity index is 0.000000837. The minimum absolute atomic E-state index is 0.112. The van der Waals surface area contributed by atoms with Crippen LogP contribution < -0.4 is 0 Å². The number of aromatic nitrogens is 2. The number of pyridine rings is 1. The zero-order valence-electron chi connectivity index (χ0n) is 18.8. The fraction of sp³-hybridized carbons (Fsp3) is 0.375. The molecule has 174 valence electrons. The van der Waals surface area contributed by atoms with Crippen molar-refractivity contribution >= 4 is 23.4 Å². The van der Waals surface area contributed by atoms with Crippen molar-refractivity contribution < 1.29 is 18.3 Å². The van der Waals surface area contributed by atoms with E-state index in [4.69, 9.17) is 11.6 Å². The van der Waals surface area contributed by atoms with Crippen LogP contribution in [0.5, 0.6) is 0 Å². The van der Waals surface area contributed by atoms with Gasteiger partial charge in [-0.25, -0.2) is 0 Å². The summed E-state index contributed by atoms with van der Waals surface area (Å²) in [4.78, 5) is 4.47. The van der Waals surface area contributed by atoms with E-state index in [1.165, 1.54) is 24.0 Å². The van der Waals surface area contributed by atoms with Crippen molar-refractivity contribution in [3.05, 3.63) is 75.7 Å². The van der Waals surface area contributed by atoms with Crippen molar-refractivity contribution in [3.63, 3.8) is 0 Å². The number of nitrogens with zero attached hydrogens (tertiary/aromatic N) is 2. The molecule has 0 bridgehead atoms. The average molecular weight is 485 g/mol. The van der Waals surface area contributed by atoms with Crippen LogP contribution in [0.3, 0.4) is 0 Å². The van der Waals surface area contributed by atoms with E-state index in [1.54, 1.807) is 6.07 Å². The number of alkyl halides is 3. The van der Waals surface area contributed by atoms with Gasteiger partial charge in [-0.1, -0.05) is 56.3 Å². The molecule has 0 aliphatic rings. The molecule has 1 N–H and O–H groups in total. The van der Waals surface area contributed by atoms with Crippen LogP contribution in [0.15, 0.2) is 52.5 Å². The van der Waals surface area contributed by atoms with Gasteiger partial charge in [-0.15, -0.1) is 0 Å². The van der Waals surface area contributed by atoms with Crippen LogP contribution in [-0.2, 0) is 19.3 Å². The second kappa shape index (κ2) is 11.3. The zero-order chi connectivity index (χ0) is 24.1. The van der Waals surface area contributed by atoms with Gasteiger partial charge in [0, 0.05) is 33.9 Å². The molecule has 0 aliphatic carbocycles. The maximum Gasteiger partial charge on any atom is 0.433 e. The summed E-state index contributed by atoms with van der Waals surface area (Å²) < 4.78 is 40.2. The van der Waals surface area contributed by atoms with Gasteiger partial charge in [0.2, 0.25) is 0 Å². The summed E-state index contributed by atoms with van der Waals surface area (Å²) in [5.74, 6) is 0.833. The lowest BCUT2D eigenvalue weighted by molar-refractivity contribution is -0.141. The molecule has 0 spiro atoms. The Morgan fingerprint density at radius 1 is 1.12 bits per heavy atom. The van der Waals surface area contributed by atoms with Crippen LogP contribution in [0.4, 0.5) is 13.2 Å². The number of hydrogen-bond acceptors (Lipinski definition) is 3. The molecule has 2 heterocycles. The molecule has 0 aliphatic heterocycles. The summed E-state index contributed by atoms with van der Waals surface area (Å²) >= 11 is 7.57. The Morgan fingerprint density at radius 3 is 2.28 bits per heavy atom. The standard InChI is InChI=1S/C20H18ClF3N2OS.C4H10/c1-12-17(11-27)13(2)26(19(12)28-16-5-3-4-15(21)8-16)10-14-6-7-18(25-9-14)20(22,23)24;1-4(2)3/h3-9,27H,10-11H2,1-2H3;4H,1-3H3. The zero-order valence-corrected chi connectivity index (χ0v) is 20.4. The fourth-order valence-corrected chi connectivity index (χ4v) is 4.38. The molecule has 3 aromatic rings. The molecule has 0 radical (unpaired) electrons. The smallest absolute Gasteiger partial charge is 0.392 e. The van der Waals surface area contributed by atoms with Gasteiger partial charge >= 0.3 is 6.18 Å². The summed E-state index contributed by atoms with van der Waals surface area (Å²) in [6.45, 7) is 10.5. The van der Waals surface area contributed by atoms with Gasteiger partial charge < -0.3 is 9.67 Å². The summed E-state index contributed by atoms with van der Waals surface area (Å²) in [5.41, 5.74) is 2.34.